The number of anilines is 1. The minimum absolute atomic E-state index is 0.0162. The Balaban J connectivity index is 2.63. The van der Waals surface area contributed by atoms with Crippen molar-refractivity contribution >= 4 is 28.1 Å². The third-order valence-electron chi connectivity index (χ3n) is 3.02. The van der Waals surface area contributed by atoms with Crippen LogP contribution in [0.15, 0.2) is 30.6 Å². The van der Waals surface area contributed by atoms with Gasteiger partial charge in [0.25, 0.3) is 5.69 Å². The van der Waals surface area contributed by atoms with E-state index in [0.29, 0.717) is 23.0 Å². The van der Waals surface area contributed by atoms with Gasteiger partial charge in [-0.05, 0) is 19.1 Å². The van der Waals surface area contributed by atoms with E-state index in [0.717, 1.165) is 0 Å². The number of aromatic nitrogens is 1. The largest absolute Gasteiger partial charge is 0.480 e. The van der Waals surface area contributed by atoms with Gasteiger partial charge in [-0.25, -0.2) is 0 Å². The fourth-order valence-electron chi connectivity index (χ4n) is 2.12. The van der Waals surface area contributed by atoms with Gasteiger partial charge in [0.1, 0.15) is 6.54 Å². The summed E-state index contributed by atoms with van der Waals surface area (Å²) in [6.45, 7) is 2.14. The molecular formula is C13H13N3O4. The molecule has 0 aliphatic heterocycles. The summed E-state index contributed by atoms with van der Waals surface area (Å²) in [6.07, 6.45) is 2.99. The molecule has 0 spiro atoms. The normalized spacial score (nSPS) is 10.4. The lowest BCUT2D eigenvalue weighted by atomic mass is 10.1. The van der Waals surface area contributed by atoms with Crippen LogP contribution in [-0.2, 0) is 4.79 Å². The van der Waals surface area contributed by atoms with E-state index in [4.69, 9.17) is 5.11 Å². The Kier molecular flexibility index (Phi) is 3.79. The van der Waals surface area contributed by atoms with E-state index in [-0.39, 0.29) is 12.2 Å². The predicted octanol–water partition coefficient (Wildman–Crippen LogP) is 2.05. The fourth-order valence-corrected chi connectivity index (χ4v) is 2.12. The van der Waals surface area contributed by atoms with Crippen LogP contribution in [0, 0.1) is 10.1 Å². The Morgan fingerprint density at radius 3 is 2.75 bits per heavy atom. The number of likely N-dealkylation sites (N-methyl/N-ethyl adjacent to an activating group) is 1. The number of non-ortho nitro benzene ring substituents is 1. The number of nitrogens with zero attached hydrogens (tertiary/aromatic N) is 3. The first-order valence-corrected chi connectivity index (χ1v) is 6.02. The summed E-state index contributed by atoms with van der Waals surface area (Å²) in [5, 5.41) is 21.0. The Hall–Kier alpha value is -2.70. The van der Waals surface area contributed by atoms with Crippen molar-refractivity contribution < 1.29 is 14.8 Å². The van der Waals surface area contributed by atoms with Crippen molar-refractivity contribution in [3.8, 4) is 0 Å². The molecule has 0 fully saturated rings. The van der Waals surface area contributed by atoms with E-state index in [1.165, 1.54) is 18.5 Å². The number of nitro groups is 1. The minimum atomic E-state index is -0.956. The summed E-state index contributed by atoms with van der Waals surface area (Å²) in [4.78, 5) is 27.1. The Bertz CT molecular complexity index is 672. The third kappa shape index (κ3) is 2.51. The highest BCUT2D eigenvalue weighted by Gasteiger charge is 2.18. The van der Waals surface area contributed by atoms with Crippen LogP contribution < -0.4 is 4.90 Å². The van der Waals surface area contributed by atoms with Crippen molar-refractivity contribution in [1.82, 2.24) is 4.98 Å². The van der Waals surface area contributed by atoms with Gasteiger partial charge >= 0.3 is 5.97 Å². The number of pyridine rings is 1. The number of carboxylic acids is 1. The molecule has 2 rings (SSSR count). The molecule has 0 saturated carbocycles. The zero-order valence-electron chi connectivity index (χ0n) is 10.8. The highest BCUT2D eigenvalue weighted by atomic mass is 16.6. The molecule has 7 nitrogen and oxygen atoms in total. The van der Waals surface area contributed by atoms with Crippen molar-refractivity contribution in [2.24, 2.45) is 0 Å². The highest BCUT2D eigenvalue weighted by molar-refractivity contribution is 6.00. The number of benzene rings is 1. The summed E-state index contributed by atoms with van der Waals surface area (Å²) in [5.74, 6) is -0.956. The number of carbonyl (C=O) groups is 1. The van der Waals surface area contributed by atoms with Crippen LogP contribution >= 0.6 is 0 Å². The van der Waals surface area contributed by atoms with E-state index >= 15 is 0 Å². The van der Waals surface area contributed by atoms with Crippen molar-refractivity contribution in [3.63, 3.8) is 0 Å². The molecule has 0 radical (unpaired) electrons. The molecule has 0 unspecified atom stereocenters. The summed E-state index contributed by atoms with van der Waals surface area (Å²) in [7, 11) is 0. The summed E-state index contributed by atoms with van der Waals surface area (Å²) in [6, 6.07) is 4.52. The van der Waals surface area contributed by atoms with Gasteiger partial charge in [0.2, 0.25) is 0 Å². The van der Waals surface area contributed by atoms with Gasteiger partial charge in [0, 0.05) is 36.1 Å². The number of carboxylic acid groups (broad SMARTS) is 1. The standard InChI is InChI=1S/C13H13N3O4/c1-2-15(8-13(17)18)11-3-4-12(16(19)20)9-5-6-14-7-10(9)11/h3-7H,2,8H2,1H3,(H,17,18). The molecule has 1 heterocycles. The second kappa shape index (κ2) is 5.52. The number of nitro benzene ring substituents is 1. The van der Waals surface area contributed by atoms with Crippen LogP contribution in [-0.4, -0.2) is 34.1 Å². The van der Waals surface area contributed by atoms with Gasteiger partial charge in [0.05, 0.1) is 10.3 Å². The van der Waals surface area contributed by atoms with E-state index < -0.39 is 10.9 Å². The Morgan fingerprint density at radius 2 is 2.15 bits per heavy atom. The average Bonchev–Trinajstić information content (AvgIpc) is 2.43. The van der Waals surface area contributed by atoms with Crippen molar-refractivity contribution in [1.29, 1.82) is 0 Å². The summed E-state index contributed by atoms with van der Waals surface area (Å²) in [5.41, 5.74) is 0.612. The molecule has 104 valence electrons. The zero-order chi connectivity index (χ0) is 14.7. The van der Waals surface area contributed by atoms with Gasteiger partial charge in [-0.2, -0.15) is 0 Å². The lowest BCUT2D eigenvalue weighted by Crippen LogP contribution is -2.29. The quantitative estimate of drug-likeness (QED) is 0.662. The average molecular weight is 275 g/mol. The van der Waals surface area contributed by atoms with Crippen LogP contribution in [0.2, 0.25) is 0 Å². The monoisotopic (exact) mass is 275 g/mol. The SMILES string of the molecule is CCN(CC(=O)O)c1ccc([N+](=O)[O-])c2ccncc12. The van der Waals surface area contributed by atoms with Crippen LogP contribution in [0.25, 0.3) is 10.8 Å². The first-order valence-electron chi connectivity index (χ1n) is 6.02. The fraction of sp³-hybridized carbons (Fsp3) is 0.231. The van der Waals surface area contributed by atoms with Crippen molar-refractivity contribution in [2.45, 2.75) is 6.92 Å². The summed E-state index contributed by atoms with van der Waals surface area (Å²) >= 11 is 0. The molecule has 0 saturated heterocycles. The molecule has 0 bridgehead atoms. The number of aliphatic carboxylic acids is 1. The smallest absolute Gasteiger partial charge is 0.323 e. The number of fused-ring (bicyclic) bond motifs is 1. The van der Waals surface area contributed by atoms with Gasteiger partial charge < -0.3 is 10.0 Å². The second-order valence-electron chi connectivity index (χ2n) is 4.19. The number of rotatable bonds is 5. The topological polar surface area (TPSA) is 96.6 Å². The van der Waals surface area contributed by atoms with E-state index in [2.05, 4.69) is 4.98 Å². The Morgan fingerprint density at radius 1 is 1.40 bits per heavy atom. The molecule has 20 heavy (non-hydrogen) atoms. The Labute approximate surface area is 114 Å². The van der Waals surface area contributed by atoms with Crippen molar-refractivity contribution in [2.75, 3.05) is 18.0 Å². The minimum Gasteiger partial charge on any atom is -0.480 e. The second-order valence-corrected chi connectivity index (χ2v) is 4.19. The van der Waals surface area contributed by atoms with Crippen LogP contribution in [0.3, 0.4) is 0 Å². The van der Waals surface area contributed by atoms with Gasteiger partial charge in [-0.1, -0.05) is 0 Å². The number of hydrogen-bond acceptors (Lipinski definition) is 5. The third-order valence-corrected chi connectivity index (χ3v) is 3.02. The lowest BCUT2D eigenvalue weighted by Gasteiger charge is -2.22. The molecule has 1 N–H and O–H groups in total. The molecule has 1 aromatic heterocycles. The van der Waals surface area contributed by atoms with E-state index in [1.54, 1.807) is 17.0 Å². The first kappa shape index (κ1) is 13.7. The van der Waals surface area contributed by atoms with Crippen molar-refractivity contribution in [3.05, 3.63) is 40.7 Å². The molecule has 0 amide bonds. The van der Waals surface area contributed by atoms with E-state index in [9.17, 15) is 14.9 Å². The van der Waals surface area contributed by atoms with Gasteiger partial charge in [-0.15, -0.1) is 0 Å². The van der Waals surface area contributed by atoms with Gasteiger partial charge in [-0.3, -0.25) is 19.9 Å². The molecule has 7 heteroatoms. The molecule has 0 atom stereocenters. The predicted molar refractivity (Wildman–Crippen MR) is 73.9 cm³/mol. The summed E-state index contributed by atoms with van der Waals surface area (Å²) < 4.78 is 0. The van der Waals surface area contributed by atoms with Crippen LogP contribution in [0.1, 0.15) is 6.92 Å². The molecule has 0 aliphatic rings. The molecule has 0 aliphatic carbocycles. The number of hydrogen-bond donors (Lipinski definition) is 1. The highest BCUT2D eigenvalue weighted by Crippen LogP contribution is 2.32. The van der Waals surface area contributed by atoms with Gasteiger partial charge in [0.15, 0.2) is 0 Å². The maximum absolute atomic E-state index is 11.0. The van der Waals surface area contributed by atoms with Crippen LogP contribution in [0.4, 0.5) is 11.4 Å². The molecular weight excluding hydrogens is 262 g/mol. The first-order chi connectivity index (χ1) is 9.54. The lowest BCUT2D eigenvalue weighted by molar-refractivity contribution is -0.383. The maximum atomic E-state index is 11.0. The maximum Gasteiger partial charge on any atom is 0.323 e. The van der Waals surface area contributed by atoms with Crippen LogP contribution in [0.5, 0.6) is 0 Å². The molecule has 1 aromatic carbocycles. The van der Waals surface area contributed by atoms with E-state index in [1.807, 2.05) is 6.92 Å². The zero-order valence-corrected chi connectivity index (χ0v) is 10.8. The molecule has 2 aromatic rings.